The van der Waals surface area contributed by atoms with E-state index < -0.39 is 0 Å². The highest BCUT2D eigenvalue weighted by atomic mass is 32.2. The van der Waals surface area contributed by atoms with Gasteiger partial charge in [-0.2, -0.15) is 11.8 Å². The van der Waals surface area contributed by atoms with Gasteiger partial charge in [0.25, 0.3) is 5.91 Å². The molecule has 0 saturated carbocycles. The molecule has 1 aromatic rings. The minimum Gasteiger partial charge on any atom is -0.395 e. The number of carbonyl (C=O) groups excluding carboxylic acids is 1. The predicted octanol–water partition coefficient (Wildman–Crippen LogP) is 2.29. The van der Waals surface area contributed by atoms with Crippen LogP contribution in [0.4, 0.5) is 0 Å². The molecule has 0 spiro atoms. The van der Waals surface area contributed by atoms with Crippen molar-refractivity contribution in [2.75, 3.05) is 24.7 Å². The summed E-state index contributed by atoms with van der Waals surface area (Å²) in [6.45, 7) is 0.791. The third-order valence-electron chi connectivity index (χ3n) is 3.52. The molecule has 1 aliphatic heterocycles. The second-order valence-electron chi connectivity index (χ2n) is 5.09. The fourth-order valence-electron chi connectivity index (χ4n) is 2.29. The number of aliphatic hydroxyl groups is 1. The van der Waals surface area contributed by atoms with Crippen molar-refractivity contribution in [2.45, 2.75) is 19.3 Å². The summed E-state index contributed by atoms with van der Waals surface area (Å²) in [4.78, 5) is 12.3. The van der Waals surface area contributed by atoms with Crippen molar-refractivity contribution in [3.63, 3.8) is 0 Å². The lowest BCUT2D eigenvalue weighted by molar-refractivity contribution is 0.0946. The zero-order chi connectivity index (χ0) is 14.9. The molecule has 0 bridgehead atoms. The van der Waals surface area contributed by atoms with Crippen molar-refractivity contribution in [3.8, 4) is 11.8 Å². The van der Waals surface area contributed by atoms with Gasteiger partial charge in [0, 0.05) is 18.5 Å². The topological polar surface area (TPSA) is 49.3 Å². The lowest BCUT2D eigenvalue weighted by Gasteiger charge is -2.21. The van der Waals surface area contributed by atoms with Crippen LogP contribution in [0.1, 0.15) is 35.2 Å². The van der Waals surface area contributed by atoms with Crippen LogP contribution in [0, 0.1) is 17.8 Å². The van der Waals surface area contributed by atoms with Gasteiger partial charge in [-0.1, -0.05) is 24.0 Å². The smallest absolute Gasteiger partial charge is 0.252 e. The third kappa shape index (κ3) is 5.11. The van der Waals surface area contributed by atoms with E-state index in [1.807, 2.05) is 30.0 Å². The average Bonchev–Trinajstić information content (AvgIpc) is 2.54. The summed E-state index contributed by atoms with van der Waals surface area (Å²) in [6.07, 6.45) is 2.79. The number of hydrogen-bond donors (Lipinski definition) is 2. The van der Waals surface area contributed by atoms with Gasteiger partial charge in [-0.05, 0) is 42.4 Å². The Morgan fingerprint density at radius 1 is 1.33 bits per heavy atom. The molecular weight excluding hydrogens is 282 g/mol. The van der Waals surface area contributed by atoms with Crippen LogP contribution in [0.2, 0.25) is 0 Å². The highest BCUT2D eigenvalue weighted by Crippen LogP contribution is 2.22. The van der Waals surface area contributed by atoms with Crippen LogP contribution in [-0.4, -0.2) is 35.7 Å². The highest BCUT2D eigenvalue weighted by Gasteiger charge is 2.16. The quantitative estimate of drug-likeness (QED) is 0.839. The van der Waals surface area contributed by atoms with Gasteiger partial charge in [0.1, 0.15) is 0 Å². The summed E-state index contributed by atoms with van der Waals surface area (Å²) in [5, 5.41) is 11.8. The number of amides is 1. The first-order chi connectivity index (χ1) is 10.3. The van der Waals surface area contributed by atoms with Gasteiger partial charge >= 0.3 is 0 Å². The Kier molecular flexibility index (Phi) is 6.65. The van der Waals surface area contributed by atoms with E-state index in [-0.39, 0.29) is 12.5 Å². The molecular formula is C17H21NO2S. The van der Waals surface area contributed by atoms with Crippen LogP contribution >= 0.6 is 11.8 Å². The molecule has 0 aliphatic carbocycles. The summed E-state index contributed by atoms with van der Waals surface area (Å²) >= 11 is 1.99. The van der Waals surface area contributed by atoms with Gasteiger partial charge in [-0.25, -0.2) is 0 Å². The molecule has 2 rings (SSSR count). The second-order valence-corrected chi connectivity index (χ2v) is 6.31. The second kappa shape index (κ2) is 8.76. The molecule has 0 atom stereocenters. The van der Waals surface area contributed by atoms with E-state index in [0.29, 0.717) is 17.9 Å². The standard InChI is InChI=1S/C17H21NO2S/c19-10-4-3-6-15-5-1-2-7-16(15)17(20)18-13-14-8-11-21-12-9-14/h1-2,5,7,14,19H,4,8-13H2,(H,18,20). The van der Waals surface area contributed by atoms with Crippen molar-refractivity contribution in [1.29, 1.82) is 0 Å². The molecule has 1 fully saturated rings. The van der Waals surface area contributed by atoms with Crippen LogP contribution in [0.15, 0.2) is 24.3 Å². The molecule has 1 saturated heterocycles. The molecule has 3 nitrogen and oxygen atoms in total. The number of benzene rings is 1. The minimum absolute atomic E-state index is 0.0427. The lowest BCUT2D eigenvalue weighted by Crippen LogP contribution is -2.31. The van der Waals surface area contributed by atoms with Gasteiger partial charge in [-0.15, -0.1) is 0 Å². The van der Waals surface area contributed by atoms with E-state index in [1.54, 1.807) is 6.07 Å². The Labute approximate surface area is 130 Å². The normalized spacial score (nSPS) is 15.1. The van der Waals surface area contributed by atoms with Crippen LogP contribution in [-0.2, 0) is 0 Å². The Morgan fingerprint density at radius 3 is 2.86 bits per heavy atom. The van der Waals surface area contributed by atoms with Crippen molar-refractivity contribution in [2.24, 2.45) is 5.92 Å². The molecule has 21 heavy (non-hydrogen) atoms. The summed E-state index contributed by atoms with van der Waals surface area (Å²) < 4.78 is 0. The maximum Gasteiger partial charge on any atom is 0.252 e. The molecule has 0 aromatic heterocycles. The van der Waals surface area contributed by atoms with Crippen LogP contribution in [0.25, 0.3) is 0 Å². The van der Waals surface area contributed by atoms with Gasteiger partial charge in [0.2, 0.25) is 0 Å². The first-order valence-corrected chi connectivity index (χ1v) is 8.51. The summed E-state index contributed by atoms with van der Waals surface area (Å²) in [6, 6.07) is 7.37. The Hall–Kier alpha value is -1.44. The molecule has 0 radical (unpaired) electrons. The minimum atomic E-state index is -0.0536. The van der Waals surface area contributed by atoms with Gasteiger partial charge < -0.3 is 10.4 Å². The van der Waals surface area contributed by atoms with E-state index in [0.717, 1.165) is 12.1 Å². The fraction of sp³-hybridized carbons (Fsp3) is 0.471. The van der Waals surface area contributed by atoms with Crippen LogP contribution < -0.4 is 5.32 Å². The van der Waals surface area contributed by atoms with Crippen LogP contribution in [0.5, 0.6) is 0 Å². The largest absolute Gasteiger partial charge is 0.395 e. The van der Waals surface area contributed by atoms with Gasteiger partial charge in [0.15, 0.2) is 0 Å². The molecule has 112 valence electrons. The maximum atomic E-state index is 12.3. The highest BCUT2D eigenvalue weighted by molar-refractivity contribution is 7.99. The van der Waals surface area contributed by atoms with Crippen molar-refractivity contribution >= 4 is 17.7 Å². The van der Waals surface area contributed by atoms with E-state index in [9.17, 15) is 4.79 Å². The number of aliphatic hydroxyl groups excluding tert-OH is 1. The maximum absolute atomic E-state index is 12.3. The first kappa shape index (κ1) is 15.9. The number of hydrogen-bond acceptors (Lipinski definition) is 3. The van der Waals surface area contributed by atoms with Crippen LogP contribution in [0.3, 0.4) is 0 Å². The van der Waals surface area contributed by atoms with E-state index in [2.05, 4.69) is 17.2 Å². The first-order valence-electron chi connectivity index (χ1n) is 7.36. The Balaban J connectivity index is 1.96. The predicted molar refractivity (Wildman–Crippen MR) is 87.4 cm³/mol. The zero-order valence-corrected chi connectivity index (χ0v) is 12.9. The van der Waals surface area contributed by atoms with Crippen molar-refractivity contribution in [3.05, 3.63) is 35.4 Å². The zero-order valence-electron chi connectivity index (χ0n) is 12.1. The number of nitrogens with one attached hydrogen (secondary N) is 1. The Morgan fingerprint density at radius 2 is 2.10 bits per heavy atom. The molecule has 1 aromatic carbocycles. The molecule has 0 unspecified atom stereocenters. The number of carbonyl (C=O) groups is 1. The SMILES string of the molecule is O=C(NCC1CCSCC1)c1ccccc1C#CCCO. The number of thioether (sulfide) groups is 1. The third-order valence-corrected chi connectivity index (χ3v) is 4.57. The number of rotatable bonds is 4. The van der Waals surface area contributed by atoms with Gasteiger partial charge in [0.05, 0.1) is 12.2 Å². The summed E-state index contributed by atoms with van der Waals surface area (Å²) in [5.74, 6) is 8.77. The average molecular weight is 303 g/mol. The fourth-order valence-corrected chi connectivity index (χ4v) is 3.49. The molecule has 1 aliphatic rings. The molecule has 2 N–H and O–H groups in total. The molecule has 1 heterocycles. The van der Waals surface area contributed by atoms with Crippen molar-refractivity contribution < 1.29 is 9.90 Å². The van der Waals surface area contributed by atoms with E-state index >= 15 is 0 Å². The monoisotopic (exact) mass is 303 g/mol. The Bertz CT molecular complexity index is 527. The van der Waals surface area contributed by atoms with Gasteiger partial charge in [-0.3, -0.25) is 4.79 Å². The summed E-state index contributed by atoms with van der Waals surface area (Å²) in [7, 11) is 0. The molecule has 1 amide bonds. The van der Waals surface area contributed by atoms with E-state index in [4.69, 9.17) is 5.11 Å². The van der Waals surface area contributed by atoms with E-state index in [1.165, 1.54) is 24.3 Å². The van der Waals surface area contributed by atoms with Crippen molar-refractivity contribution in [1.82, 2.24) is 5.32 Å². The summed E-state index contributed by atoms with van der Waals surface area (Å²) in [5.41, 5.74) is 1.34. The lowest BCUT2D eigenvalue weighted by atomic mass is 10.0. The molecule has 4 heteroatoms.